The Morgan fingerprint density at radius 3 is 2.75 bits per heavy atom. The molecule has 0 radical (unpaired) electrons. The minimum absolute atomic E-state index is 0.245. The Kier molecular flexibility index (Phi) is 6.08. The lowest BCUT2D eigenvalue weighted by atomic mass is 9.89. The fraction of sp³-hybridized carbons (Fsp3) is 0.360. The third kappa shape index (κ3) is 4.48. The fourth-order valence-electron chi connectivity index (χ4n) is 5.09. The van der Waals surface area contributed by atoms with Crippen LogP contribution in [0.4, 0.5) is 14.5 Å². The van der Waals surface area contributed by atoms with E-state index in [2.05, 4.69) is 27.9 Å². The van der Waals surface area contributed by atoms with Gasteiger partial charge in [-0.1, -0.05) is 6.07 Å². The zero-order valence-corrected chi connectivity index (χ0v) is 20.7. The minimum Gasteiger partial charge on any atom is -0.494 e. The molecule has 5 rings (SSSR count). The highest BCUT2D eigenvalue weighted by molar-refractivity contribution is 7.91. The molecule has 0 saturated carbocycles. The standard InChI is InChI=1S/C25H26F2N4O4S/c1-3-35-17-5-6-18-15(10-17)8-9-25(18)14-31-21(12-28-25)24(29-22(32)13-36(2,33)34)23(30-31)16-4-7-19(26)20(27)11-16/h4-7,10-11,28H,3,8-9,12-14H2,1-2H3,(H,29,32)/t25-/m1/s1. The van der Waals surface area contributed by atoms with Crippen LogP contribution in [0.5, 0.6) is 5.75 Å². The first-order chi connectivity index (χ1) is 17.1. The van der Waals surface area contributed by atoms with Gasteiger partial charge in [0.2, 0.25) is 5.91 Å². The van der Waals surface area contributed by atoms with Gasteiger partial charge in [-0.25, -0.2) is 17.2 Å². The number of aryl methyl sites for hydroxylation is 1. The molecule has 0 unspecified atom stereocenters. The molecule has 1 aliphatic heterocycles. The number of halogens is 2. The Labute approximate surface area is 207 Å². The first-order valence-electron chi connectivity index (χ1n) is 11.6. The van der Waals surface area contributed by atoms with E-state index in [0.717, 1.165) is 42.5 Å². The third-order valence-corrected chi connectivity index (χ3v) is 7.43. The molecule has 2 aliphatic rings. The third-order valence-electron chi connectivity index (χ3n) is 6.65. The van der Waals surface area contributed by atoms with Gasteiger partial charge in [-0.2, -0.15) is 5.10 Å². The van der Waals surface area contributed by atoms with E-state index in [-0.39, 0.29) is 16.9 Å². The predicted octanol–water partition coefficient (Wildman–Crippen LogP) is 3.16. The summed E-state index contributed by atoms with van der Waals surface area (Å²) in [4.78, 5) is 12.5. The van der Waals surface area contributed by atoms with E-state index in [9.17, 15) is 22.0 Å². The number of carbonyl (C=O) groups is 1. The van der Waals surface area contributed by atoms with Crippen molar-refractivity contribution in [3.63, 3.8) is 0 Å². The molecule has 2 heterocycles. The molecule has 8 nitrogen and oxygen atoms in total. The van der Waals surface area contributed by atoms with Gasteiger partial charge in [-0.15, -0.1) is 0 Å². The van der Waals surface area contributed by atoms with Crippen molar-refractivity contribution in [3.05, 3.63) is 64.9 Å². The molecular formula is C25H26F2N4O4S. The maximum Gasteiger partial charge on any atom is 0.239 e. The van der Waals surface area contributed by atoms with Crippen LogP contribution in [0.3, 0.4) is 0 Å². The summed E-state index contributed by atoms with van der Waals surface area (Å²) in [7, 11) is -3.57. The molecule has 11 heteroatoms. The summed E-state index contributed by atoms with van der Waals surface area (Å²) >= 11 is 0. The number of amides is 1. The van der Waals surface area contributed by atoms with Crippen molar-refractivity contribution >= 4 is 21.4 Å². The molecule has 1 atom stereocenters. The van der Waals surface area contributed by atoms with Gasteiger partial charge in [0.05, 0.1) is 30.1 Å². The summed E-state index contributed by atoms with van der Waals surface area (Å²) in [6.07, 6.45) is 2.65. The average Bonchev–Trinajstić information content (AvgIpc) is 3.33. The van der Waals surface area contributed by atoms with Crippen molar-refractivity contribution in [2.24, 2.45) is 0 Å². The largest absolute Gasteiger partial charge is 0.494 e. The van der Waals surface area contributed by atoms with Gasteiger partial charge in [0.15, 0.2) is 21.5 Å². The average molecular weight is 517 g/mol. The molecule has 0 fully saturated rings. The molecule has 2 N–H and O–H groups in total. The van der Waals surface area contributed by atoms with Crippen molar-refractivity contribution in [2.75, 3.05) is 23.9 Å². The number of benzene rings is 2. The number of hydrogen-bond acceptors (Lipinski definition) is 6. The molecule has 3 aromatic rings. The topological polar surface area (TPSA) is 102 Å². The maximum atomic E-state index is 14.1. The number of carbonyl (C=O) groups excluding carboxylic acids is 1. The number of fused-ring (bicyclic) bond motifs is 3. The van der Waals surface area contributed by atoms with Gasteiger partial charge in [-0.05, 0) is 61.2 Å². The van der Waals surface area contributed by atoms with Crippen molar-refractivity contribution in [3.8, 4) is 17.0 Å². The van der Waals surface area contributed by atoms with Crippen molar-refractivity contribution < 1.29 is 26.7 Å². The van der Waals surface area contributed by atoms with E-state index in [1.807, 2.05) is 13.0 Å². The number of nitrogens with zero attached hydrogens (tertiary/aromatic N) is 2. The van der Waals surface area contributed by atoms with E-state index in [1.165, 1.54) is 11.6 Å². The number of aromatic nitrogens is 2. The maximum absolute atomic E-state index is 14.1. The quantitative estimate of drug-likeness (QED) is 0.522. The van der Waals surface area contributed by atoms with Gasteiger partial charge in [-0.3, -0.25) is 9.48 Å². The lowest BCUT2D eigenvalue weighted by Gasteiger charge is -2.36. The van der Waals surface area contributed by atoms with Crippen molar-refractivity contribution in [1.29, 1.82) is 0 Å². The predicted molar refractivity (Wildman–Crippen MR) is 130 cm³/mol. The SMILES string of the molecule is CCOc1ccc2c(c1)CC[C@@]21Cn2nc(-c3ccc(F)c(F)c3)c(NC(=O)CS(C)(=O)=O)c2CN1. The van der Waals surface area contributed by atoms with Crippen molar-refractivity contribution in [2.45, 2.75) is 38.4 Å². The lowest BCUT2D eigenvalue weighted by Crippen LogP contribution is -2.48. The summed E-state index contributed by atoms with van der Waals surface area (Å²) < 4.78 is 58.4. The van der Waals surface area contributed by atoms with E-state index in [0.29, 0.717) is 25.4 Å². The van der Waals surface area contributed by atoms with E-state index >= 15 is 0 Å². The van der Waals surface area contributed by atoms with Gasteiger partial charge in [0.1, 0.15) is 17.2 Å². The van der Waals surface area contributed by atoms with Crippen LogP contribution in [-0.2, 0) is 39.7 Å². The first-order valence-corrected chi connectivity index (χ1v) is 13.7. The van der Waals surface area contributed by atoms with E-state index < -0.39 is 38.7 Å². The van der Waals surface area contributed by atoms with Gasteiger partial charge < -0.3 is 15.4 Å². The molecule has 1 aromatic heterocycles. The molecule has 0 saturated heterocycles. The number of ether oxygens (including phenoxy) is 1. The van der Waals surface area contributed by atoms with Crippen LogP contribution >= 0.6 is 0 Å². The number of nitrogens with one attached hydrogen (secondary N) is 2. The smallest absolute Gasteiger partial charge is 0.239 e. The number of rotatable bonds is 6. The number of hydrogen-bond donors (Lipinski definition) is 2. The van der Waals surface area contributed by atoms with Gasteiger partial charge >= 0.3 is 0 Å². The molecule has 36 heavy (non-hydrogen) atoms. The van der Waals surface area contributed by atoms with Crippen LogP contribution in [-0.4, -0.2) is 42.7 Å². The Morgan fingerprint density at radius 1 is 1.22 bits per heavy atom. The zero-order chi connectivity index (χ0) is 25.7. The normalized spacial score (nSPS) is 18.7. The summed E-state index contributed by atoms with van der Waals surface area (Å²) in [5, 5.41) is 10.9. The molecule has 1 aliphatic carbocycles. The highest BCUT2D eigenvalue weighted by atomic mass is 32.2. The van der Waals surface area contributed by atoms with Crippen LogP contribution in [0.1, 0.15) is 30.2 Å². The fourth-order valence-corrected chi connectivity index (χ4v) is 5.64. The van der Waals surface area contributed by atoms with E-state index in [4.69, 9.17) is 4.74 Å². The lowest BCUT2D eigenvalue weighted by molar-refractivity contribution is -0.113. The van der Waals surface area contributed by atoms with Crippen LogP contribution < -0.4 is 15.4 Å². The summed E-state index contributed by atoms with van der Waals surface area (Å²) in [6, 6.07) is 9.44. The molecule has 190 valence electrons. The molecule has 1 spiro atoms. The van der Waals surface area contributed by atoms with Gasteiger partial charge in [0, 0.05) is 18.4 Å². The zero-order valence-electron chi connectivity index (χ0n) is 19.9. The second kappa shape index (κ2) is 8.97. The first kappa shape index (κ1) is 24.4. The number of anilines is 1. The summed E-state index contributed by atoms with van der Waals surface area (Å²) in [5.74, 6) is -2.66. The second-order valence-corrected chi connectivity index (χ2v) is 11.4. The summed E-state index contributed by atoms with van der Waals surface area (Å²) in [6.45, 7) is 3.30. The summed E-state index contributed by atoms with van der Waals surface area (Å²) in [5.41, 5.74) is 3.36. The minimum atomic E-state index is -3.57. The number of sulfone groups is 1. The van der Waals surface area contributed by atoms with Crippen molar-refractivity contribution in [1.82, 2.24) is 15.1 Å². The van der Waals surface area contributed by atoms with Gasteiger partial charge in [0.25, 0.3) is 0 Å². The van der Waals surface area contributed by atoms with E-state index in [1.54, 1.807) is 4.68 Å². The molecular weight excluding hydrogens is 490 g/mol. The Bertz CT molecular complexity index is 1470. The molecule has 2 aromatic carbocycles. The highest BCUT2D eigenvalue weighted by Crippen LogP contribution is 2.44. The van der Waals surface area contributed by atoms with Crippen LogP contribution in [0.15, 0.2) is 36.4 Å². The van der Waals surface area contributed by atoms with Crippen LogP contribution in [0.2, 0.25) is 0 Å². The Balaban J connectivity index is 1.54. The van der Waals surface area contributed by atoms with Crippen LogP contribution in [0.25, 0.3) is 11.3 Å². The Hall–Kier alpha value is -3.31. The Morgan fingerprint density at radius 2 is 2.03 bits per heavy atom. The monoisotopic (exact) mass is 516 g/mol. The second-order valence-electron chi connectivity index (χ2n) is 9.26. The highest BCUT2D eigenvalue weighted by Gasteiger charge is 2.43. The molecule has 1 amide bonds. The van der Waals surface area contributed by atoms with Crippen LogP contribution in [0, 0.1) is 11.6 Å². The molecule has 0 bridgehead atoms.